The van der Waals surface area contributed by atoms with Crippen LogP contribution in [0.3, 0.4) is 0 Å². The van der Waals surface area contributed by atoms with Crippen molar-refractivity contribution in [1.29, 1.82) is 0 Å². The van der Waals surface area contributed by atoms with Gasteiger partial charge in [0.15, 0.2) is 0 Å². The minimum atomic E-state index is -1.49. The van der Waals surface area contributed by atoms with Crippen LogP contribution in [-0.4, -0.2) is 5.97 Å². The number of hydrogen-bond acceptors (Lipinski definition) is 2. The van der Waals surface area contributed by atoms with Crippen LogP contribution in [0.1, 0.15) is 10.4 Å². The van der Waals surface area contributed by atoms with Crippen LogP contribution in [0.15, 0.2) is 16.6 Å². The zero-order valence-corrected chi connectivity index (χ0v) is 7.95. The molecule has 0 saturated carbocycles. The molecule has 1 rings (SSSR count). The maximum absolute atomic E-state index is 12.7. The van der Waals surface area contributed by atoms with Crippen LogP contribution in [0.2, 0.25) is 5.02 Å². The molecule has 0 bridgehead atoms. The molecule has 0 radical (unpaired) electrons. The highest BCUT2D eigenvalue weighted by Gasteiger charge is 2.06. The normalized spacial score (nSPS) is 9.92. The van der Waals surface area contributed by atoms with Gasteiger partial charge in [0, 0.05) is 5.56 Å². The van der Waals surface area contributed by atoms with Crippen molar-refractivity contribution in [3.05, 3.63) is 33.0 Å². The molecule has 0 aliphatic carbocycles. The van der Waals surface area contributed by atoms with Gasteiger partial charge in [0.1, 0.15) is 5.82 Å². The van der Waals surface area contributed by atoms with E-state index in [2.05, 4.69) is 15.9 Å². The van der Waals surface area contributed by atoms with E-state index in [9.17, 15) is 14.3 Å². The van der Waals surface area contributed by atoms with Crippen LogP contribution < -0.4 is 5.11 Å². The molecule has 0 aliphatic rings. The molecule has 0 aliphatic heterocycles. The number of carbonyl (C=O) groups is 1. The zero-order chi connectivity index (χ0) is 9.30. The van der Waals surface area contributed by atoms with Gasteiger partial charge in [-0.3, -0.25) is 0 Å². The maximum Gasteiger partial charge on any atom is 0.138 e. The lowest BCUT2D eigenvalue weighted by molar-refractivity contribution is -0.255. The molecule has 1 aromatic carbocycles. The molecule has 0 atom stereocenters. The Bertz CT molecular complexity index is 340. The number of carbonyl (C=O) groups excluding carboxylic acids is 1. The van der Waals surface area contributed by atoms with Crippen molar-refractivity contribution in [2.45, 2.75) is 0 Å². The lowest BCUT2D eigenvalue weighted by Crippen LogP contribution is -2.22. The quantitative estimate of drug-likeness (QED) is 0.712. The Hall–Kier alpha value is -0.610. The van der Waals surface area contributed by atoms with Crippen molar-refractivity contribution >= 4 is 33.5 Å². The summed E-state index contributed by atoms with van der Waals surface area (Å²) in [6, 6.07) is 1.98. The van der Waals surface area contributed by atoms with Gasteiger partial charge in [-0.2, -0.15) is 0 Å². The van der Waals surface area contributed by atoms with Crippen molar-refractivity contribution in [1.82, 2.24) is 0 Å². The van der Waals surface area contributed by atoms with Crippen LogP contribution in [0.25, 0.3) is 0 Å². The Morgan fingerprint density at radius 3 is 2.67 bits per heavy atom. The van der Waals surface area contributed by atoms with E-state index >= 15 is 0 Å². The Kier molecular flexibility index (Phi) is 2.69. The summed E-state index contributed by atoms with van der Waals surface area (Å²) >= 11 is 8.34. The highest BCUT2D eigenvalue weighted by atomic mass is 79.9. The summed E-state index contributed by atoms with van der Waals surface area (Å²) in [5.74, 6) is -2.18. The first kappa shape index (κ1) is 9.48. The SMILES string of the molecule is O=C([O-])c1cc(F)c(Br)cc1Cl. The number of carboxylic acids is 1. The van der Waals surface area contributed by atoms with Gasteiger partial charge in [-0.1, -0.05) is 11.6 Å². The van der Waals surface area contributed by atoms with E-state index in [1.54, 1.807) is 0 Å². The predicted molar refractivity (Wildman–Crippen MR) is 43.4 cm³/mol. The Labute approximate surface area is 81.1 Å². The Morgan fingerprint density at radius 2 is 2.17 bits per heavy atom. The molecular weight excluding hydrogens is 250 g/mol. The molecule has 0 N–H and O–H groups in total. The first-order valence-corrected chi connectivity index (χ1v) is 4.05. The summed E-state index contributed by atoms with van der Waals surface area (Å²) in [4.78, 5) is 10.3. The van der Waals surface area contributed by atoms with Gasteiger partial charge < -0.3 is 9.90 Å². The molecule has 2 nitrogen and oxygen atoms in total. The second-order valence-corrected chi connectivity index (χ2v) is 3.30. The molecule has 0 fully saturated rings. The van der Waals surface area contributed by atoms with Crippen LogP contribution in [0.5, 0.6) is 0 Å². The number of hydrogen-bond donors (Lipinski definition) is 0. The van der Waals surface area contributed by atoms with Gasteiger partial charge in [0.05, 0.1) is 15.5 Å². The Balaban J connectivity index is 3.33. The standard InChI is InChI=1S/C7H3BrClFO2/c8-4-2-5(9)3(7(11)12)1-6(4)10/h1-2H,(H,11,12)/p-1. The fraction of sp³-hybridized carbons (Fsp3) is 0. The molecule has 0 unspecified atom stereocenters. The summed E-state index contributed by atoms with van der Waals surface area (Å²) < 4.78 is 12.8. The molecule has 64 valence electrons. The van der Waals surface area contributed by atoms with Gasteiger partial charge in [0.25, 0.3) is 0 Å². The second-order valence-electron chi connectivity index (χ2n) is 2.03. The van der Waals surface area contributed by atoms with Gasteiger partial charge in [0.2, 0.25) is 0 Å². The number of carboxylic acid groups (broad SMARTS) is 1. The van der Waals surface area contributed by atoms with Gasteiger partial charge in [-0.05, 0) is 28.1 Å². The summed E-state index contributed by atoms with van der Waals surface area (Å²) in [5, 5.41) is 10.3. The van der Waals surface area contributed by atoms with E-state index in [1.165, 1.54) is 6.07 Å². The number of aromatic carboxylic acids is 1. The van der Waals surface area contributed by atoms with Crippen molar-refractivity contribution in [2.24, 2.45) is 0 Å². The molecule has 0 spiro atoms. The first-order chi connectivity index (χ1) is 5.52. The molecule has 0 heterocycles. The molecular formula is C7H2BrClFO2-. The van der Waals surface area contributed by atoms with Gasteiger partial charge in [-0.15, -0.1) is 0 Å². The average molecular weight is 252 g/mol. The molecule has 0 amide bonds. The van der Waals surface area contributed by atoms with Crippen LogP contribution in [-0.2, 0) is 0 Å². The summed E-state index contributed by atoms with van der Waals surface area (Å²) in [7, 11) is 0. The van der Waals surface area contributed by atoms with Crippen molar-refractivity contribution in [3.8, 4) is 0 Å². The fourth-order valence-corrected chi connectivity index (χ4v) is 1.39. The van der Waals surface area contributed by atoms with Crippen molar-refractivity contribution < 1.29 is 14.3 Å². The van der Waals surface area contributed by atoms with E-state index in [0.29, 0.717) is 0 Å². The number of halogens is 3. The maximum atomic E-state index is 12.7. The van der Waals surface area contributed by atoms with Crippen molar-refractivity contribution in [3.63, 3.8) is 0 Å². The topological polar surface area (TPSA) is 40.1 Å². The minimum Gasteiger partial charge on any atom is -0.545 e. The van der Waals surface area contributed by atoms with Gasteiger partial charge >= 0.3 is 0 Å². The van der Waals surface area contributed by atoms with Crippen molar-refractivity contribution in [2.75, 3.05) is 0 Å². The Morgan fingerprint density at radius 1 is 1.58 bits per heavy atom. The monoisotopic (exact) mass is 251 g/mol. The predicted octanol–water partition coefficient (Wildman–Crippen LogP) is 1.61. The summed E-state index contributed by atoms with van der Waals surface area (Å²) in [6.45, 7) is 0. The second kappa shape index (κ2) is 3.41. The third-order valence-electron chi connectivity index (χ3n) is 1.23. The van der Waals surface area contributed by atoms with Gasteiger partial charge in [-0.25, -0.2) is 4.39 Å². The highest BCUT2D eigenvalue weighted by molar-refractivity contribution is 9.10. The van der Waals surface area contributed by atoms with E-state index in [1.807, 2.05) is 0 Å². The third kappa shape index (κ3) is 1.76. The molecule has 12 heavy (non-hydrogen) atoms. The number of rotatable bonds is 1. The smallest absolute Gasteiger partial charge is 0.138 e. The van der Waals surface area contributed by atoms with Crippen LogP contribution in [0, 0.1) is 5.82 Å². The fourth-order valence-electron chi connectivity index (χ4n) is 0.679. The van der Waals surface area contributed by atoms with E-state index < -0.39 is 11.8 Å². The molecule has 0 aromatic heterocycles. The minimum absolute atomic E-state index is 0.0525. The zero-order valence-electron chi connectivity index (χ0n) is 5.61. The summed E-state index contributed by atoms with van der Waals surface area (Å²) in [5.41, 5.74) is -0.350. The van der Waals surface area contributed by atoms with Crippen LogP contribution >= 0.6 is 27.5 Å². The lowest BCUT2D eigenvalue weighted by Gasteiger charge is -2.05. The molecule has 0 saturated heterocycles. The lowest BCUT2D eigenvalue weighted by atomic mass is 10.2. The summed E-state index contributed by atoms with van der Waals surface area (Å²) in [6.07, 6.45) is 0. The third-order valence-corrected chi connectivity index (χ3v) is 2.15. The molecule has 1 aromatic rings. The first-order valence-electron chi connectivity index (χ1n) is 2.88. The van der Waals surface area contributed by atoms with Crippen LogP contribution in [0.4, 0.5) is 4.39 Å². The largest absolute Gasteiger partial charge is 0.545 e. The molecule has 5 heteroatoms. The highest BCUT2D eigenvalue weighted by Crippen LogP contribution is 2.23. The van der Waals surface area contributed by atoms with E-state index in [-0.39, 0.29) is 15.1 Å². The van der Waals surface area contributed by atoms with E-state index in [4.69, 9.17) is 11.6 Å². The van der Waals surface area contributed by atoms with E-state index in [0.717, 1.165) is 6.07 Å². The number of benzene rings is 1. The average Bonchev–Trinajstić information content (AvgIpc) is 1.96.